The van der Waals surface area contributed by atoms with Crippen LogP contribution >= 0.6 is 0 Å². The van der Waals surface area contributed by atoms with Crippen molar-refractivity contribution < 1.29 is 24.2 Å². The zero-order valence-corrected chi connectivity index (χ0v) is 19.0. The van der Waals surface area contributed by atoms with Crippen LogP contribution in [0.15, 0.2) is 24.7 Å². The number of anilines is 1. The lowest BCUT2D eigenvalue weighted by Gasteiger charge is -2.29. The van der Waals surface area contributed by atoms with Gasteiger partial charge in [-0.2, -0.15) is 0 Å². The third-order valence-corrected chi connectivity index (χ3v) is 5.92. The van der Waals surface area contributed by atoms with Crippen molar-refractivity contribution in [2.24, 2.45) is 5.92 Å². The second-order valence-corrected chi connectivity index (χ2v) is 8.21. The molecule has 178 valence electrons. The molecule has 1 unspecified atom stereocenters. The molecular formula is C23H31N5O5. The summed E-state index contributed by atoms with van der Waals surface area (Å²) in [6.07, 6.45) is 7.78. The van der Waals surface area contributed by atoms with Crippen molar-refractivity contribution in [1.82, 2.24) is 20.3 Å². The van der Waals surface area contributed by atoms with E-state index in [4.69, 9.17) is 19.4 Å². The van der Waals surface area contributed by atoms with Gasteiger partial charge in [0.05, 0.1) is 23.9 Å². The van der Waals surface area contributed by atoms with Gasteiger partial charge in [0.25, 0.3) is 6.47 Å². The lowest BCUT2D eigenvalue weighted by atomic mass is 9.85. The first kappa shape index (κ1) is 24.4. The molecule has 1 aliphatic carbocycles. The number of carbonyl (C=O) groups excluding carboxylic acids is 1. The summed E-state index contributed by atoms with van der Waals surface area (Å²) >= 11 is 0. The molecule has 2 aliphatic rings. The second kappa shape index (κ2) is 12.1. The largest absolute Gasteiger partial charge is 0.483 e. The molecule has 0 bridgehead atoms. The highest BCUT2D eigenvalue weighted by Crippen LogP contribution is 2.31. The lowest BCUT2D eigenvalue weighted by molar-refractivity contribution is -0.126. The first-order chi connectivity index (χ1) is 16.0. The molecule has 0 spiro atoms. The zero-order valence-electron chi connectivity index (χ0n) is 19.0. The first-order valence-corrected chi connectivity index (χ1v) is 11.1. The van der Waals surface area contributed by atoms with E-state index in [0.29, 0.717) is 18.2 Å². The van der Waals surface area contributed by atoms with E-state index in [-0.39, 0.29) is 30.4 Å². The number of aromatic nitrogens is 3. The van der Waals surface area contributed by atoms with Crippen LogP contribution in [-0.2, 0) is 14.3 Å². The third-order valence-electron chi connectivity index (χ3n) is 5.92. The van der Waals surface area contributed by atoms with Gasteiger partial charge in [-0.25, -0.2) is 9.97 Å². The van der Waals surface area contributed by atoms with E-state index in [9.17, 15) is 4.79 Å². The van der Waals surface area contributed by atoms with Crippen molar-refractivity contribution in [2.45, 2.75) is 58.0 Å². The maximum absolute atomic E-state index is 12.5. The Bertz CT molecular complexity index is 927. The molecule has 33 heavy (non-hydrogen) atoms. The van der Waals surface area contributed by atoms with Gasteiger partial charge in [-0.1, -0.05) is 0 Å². The van der Waals surface area contributed by atoms with E-state index < -0.39 is 0 Å². The maximum Gasteiger partial charge on any atom is 0.290 e. The highest BCUT2D eigenvalue weighted by atomic mass is 16.5. The van der Waals surface area contributed by atoms with E-state index >= 15 is 0 Å². The Balaban J connectivity index is 0.000000968. The zero-order chi connectivity index (χ0) is 23.6. The summed E-state index contributed by atoms with van der Waals surface area (Å²) in [6, 6.07) is 4.18. The molecule has 4 rings (SSSR count). The number of hydrogen-bond donors (Lipinski definition) is 3. The molecule has 1 atom stereocenters. The average Bonchev–Trinajstić information content (AvgIpc) is 3.32. The number of nitrogens with zero attached hydrogens (tertiary/aromatic N) is 3. The SMILES string of the molecule is Cc1ncccc1Oc1ncnc(NC2CCC(C(=O)NC3CCOC3)CC2)c1C.O=CO. The summed E-state index contributed by atoms with van der Waals surface area (Å²) in [7, 11) is 0. The monoisotopic (exact) mass is 457 g/mol. The van der Waals surface area contributed by atoms with Gasteiger partial charge in [0.15, 0.2) is 5.75 Å². The molecule has 1 aliphatic heterocycles. The Morgan fingerprint density at radius 3 is 2.58 bits per heavy atom. The highest BCUT2D eigenvalue weighted by molar-refractivity contribution is 5.79. The number of carboxylic acid groups (broad SMARTS) is 1. The van der Waals surface area contributed by atoms with Crippen LogP contribution < -0.4 is 15.4 Å². The number of ether oxygens (including phenoxy) is 2. The van der Waals surface area contributed by atoms with Crippen molar-refractivity contribution in [1.29, 1.82) is 0 Å². The smallest absolute Gasteiger partial charge is 0.290 e. The Hall–Kier alpha value is -3.27. The lowest BCUT2D eigenvalue weighted by Crippen LogP contribution is -2.41. The van der Waals surface area contributed by atoms with Gasteiger partial charge in [-0.05, 0) is 58.1 Å². The average molecular weight is 458 g/mol. The number of hydrogen-bond acceptors (Lipinski definition) is 8. The van der Waals surface area contributed by atoms with Crippen LogP contribution in [0, 0.1) is 19.8 Å². The summed E-state index contributed by atoms with van der Waals surface area (Å²) in [5, 5.41) is 13.5. The minimum Gasteiger partial charge on any atom is -0.483 e. The Morgan fingerprint density at radius 1 is 1.15 bits per heavy atom. The van der Waals surface area contributed by atoms with Crippen LogP contribution in [0.25, 0.3) is 0 Å². The van der Waals surface area contributed by atoms with Crippen LogP contribution in [0.5, 0.6) is 11.6 Å². The number of carbonyl (C=O) groups is 2. The van der Waals surface area contributed by atoms with Crippen LogP contribution in [0.1, 0.15) is 43.4 Å². The fourth-order valence-electron chi connectivity index (χ4n) is 4.02. The molecule has 2 aromatic heterocycles. The fourth-order valence-corrected chi connectivity index (χ4v) is 4.02. The second-order valence-electron chi connectivity index (χ2n) is 8.21. The number of nitrogens with one attached hydrogen (secondary N) is 2. The fraction of sp³-hybridized carbons (Fsp3) is 0.522. The normalized spacial score (nSPS) is 21.9. The van der Waals surface area contributed by atoms with Crippen molar-refractivity contribution in [3.8, 4) is 11.6 Å². The molecule has 3 heterocycles. The maximum atomic E-state index is 12.5. The third kappa shape index (κ3) is 6.85. The molecule has 1 saturated heterocycles. The molecule has 1 amide bonds. The van der Waals surface area contributed by atoms with Crippen LogP contribution in [0.2, 0.25) is 0 Å². The Labute approximate surface area is 193 Å². The minimum atomic E-state index is -0.250. The van der Waals surface area contributed by atoms with Gasteiger partial charge >= 0.3 is 0 Å². The van der Waals surface area contributed by atoms with Crippen molar-refractivity contribution in [3.05, 3.63) is 35.9 Å². The van der Waals surface area contributed by atoms with Crippen LogP contribution in [-0.4, -0.2) is 57.7 Å². The molecule has 10 nitrogen and oxygen atoms in total. The van der Waals surface area contributed by atoms with Crippen LogP contribution in [0.3, 0.4) is 0 Å². The van der Waals surface area contributed by atoms with Crippen molar-refractivity contribution in [2.75, 3.05) is 18.5 Å². The standard InChI is InChI=1S/C22H29N5O3.CH2O2/c1-14-20(24-13-25-22(14)30-19-4-3-10-23-15(19)2)26-17-7-5-16(6-8-17)21(28)27-18-9-11-29-12-18;2-1-3/h3-4,10,13,16-18H,5-9,11-12H2,1-2H3,(H,27,28)(H,24,25,26);1H,(H,2,3). The van der Waals surface area contributed by atoms with Gasteiger partial charge in [0.2, 0.25) is 11.8 Å². The van der Waals surface area contributed by atoms with Crippen molar-refractivity contribution >= 4 is 18.2 Å². The Kier molecular flexibility index (Phi) is 8.94. The molecule has 3 N–H and O–H groups in total. The molecule has 0 radical (unpaired) electrons. The van der Waals surface area contributed by atoms with Crippen molar-refractivity contribution in [3.63, 3.8) is 0 Å². The van der Waals surface area contributed by atoms with E-state index in [0.717, 1.165) is 55.8 Å². The predicted octanol–water partition coefficient (Wildman–Crippen LogP) is 2.86. The topological polar surface area (TPSA) is 136 Å². The van der Waals surface area contributed by atoms with Gasteiger partial charge in [-0.3, -0.25) is 14.6 Å². The number of aryl methyl sites for hydroxylation is 1. The van der Waals surface area contributed by atoms with Gasteiger partial charge in [0, 0.05) is 24.8 Å². The minimum absolute atomic E-state index is 0.0857. The molecule has 2 fully saturated rings. The van der Waals surface area contributed by atoms with Crippen LogP contribution in [0.4, 0.5) is 5.82 Å². The van der Waals surface area contributed by atoms with E-state index in [2.05, 4.69) is 25.6 Å². The molecular weight excluding hydrogens is 426 g/mol. The van der Waals surface area contributed by atoms with Gasteiger partial charge in [-0.15, -0.1) is 0 Å². The summed E-state index contributed by atoms with van der Waals surface area (Å²) in [5.41, 5.74) is 1.67. The highest BCUT2D eigenvalue weighted by Gasteiger charge is 2.29. The summed E-state index contributed by atoms with van der Waals surface area (Å²) in [4.78, 5) is 33.8. The quantitative estimate of drug-likeness (QED) is 0.559. The summed E-state index contributed by atoms with van der Waals surface area (Å²) in [5.74, 6) is 2.24. The van der Waals surface area contributed by atoms with Gasteiger partial charge < -0.3 is 25.2 Å². The van der Waals surface area contributed by atoms with Gasteiger partial charge in [0.1, 0.15) is 12.1 Å². The predicted molar refractivity (Wildman–Crippen MR) is 121 cm³/mol. The summed E-state index contributed by atoms with van der Waals surface area (Å²) in [6.45, 7) is 4.98. The molecule has 1 saturated carbocycles. The number of rotatable bonds is 6. The number of amides is 1. The molecule has 0 aromatic carbocycles. The molecule has 10 heteroatoms. The van der Waals surface area contributed by atoms with E-state index in [1.165, 1.54) is 6.33 Å². The van der Waals surface area contributed by atoms with E-state index in [1.807, 2.05) is 26.0 Å². The van der Waals surface area contributed by atoms with E-state index in [1.54, 1.807) is 6.20 Å². The first-order valence-electron chi connectivity index (χ1n) is 11.1. The summed E-state index contributed by atoms with van der Waals surface area (Å²) < 4.78 is 11.3. The Morgan fingerprint density at radius 2 is 1.91 bits per heavy atom. The molecule has 2 aromatic rings. The number of pyridine rings is 1.